The first-order valence-electron chi connectivity index (χ1n) is 7.42. The van der Waals surface area contributed by atoms with E-state index in [1.165, 1.54) is 19.1 Å². The molecule has 0 aliphatic carbocycles. The Balaban J connectivity index is 2.06. The number of nitrogens with zero attached hydrogens (tertiary/aromatic N) is 1. The van der Waals surface area contributed by atoms with Crippen molar-refractivity contribution < 1.29 is 22.0 Å². The zero-order valence-electron chi connectivity index (χ0n) is 12.8. The van der Waals surface area contributed by atoms with Gasteiger partial charge in [-0.15, -0.1) is 0 Å². The molecule has 8 heteroatoms. The Morgan fingerprint density at radius 2 is 2.00 bits per heavy atom. The monoisotopic (exact) mass is 346 g/mol. The van der Waals surface area contributed by atoms with E-state index in [2.05, 4.69) is 10.2 Å². The fourth-order valence-corrected chi connectivity index (χ4v) is 3.42. The molecule has 5 nitrogen and oxygen atoms in total. The predicted octanol–water partition coefficient (Wildman–Crippen LogP) is 2.04. The molecular weight excluding hydrogens is 326 g/mol. The quantitative estimate of drug-likeness (QED) is 0.886. The molecule has 1 amide bonds. The minimum Gasteiger partial charge on any atom is -0.371 e. The molecule has 0 saturated carbocycles. The summed E-state index contributed by atoms with van der Waals surface area (Å²) in [6.45, 7) is 3.63. The van der Waals surface area contributed by atoms with E-state index in [0.717, 1.165) is 31.6 Å². The lowest BCUT2D eigenvalue weighted by Gasteiger charge is -2.34. The number of amides is 1. The number of benzene rings is 1. The van der Waals surface area contributed by atoms with E-state index < -0.39 is 15.6 Å². The summed E-state index contributed by atoms with van der Waals surface area (Å²) in [5.41, 5.74) is 0.797. The Kier molecular flexibility index (Phi) is 5.56. The maximum atomic E-state index is 12.5. The molecule has 1 unspecified atom stereocenters. The molecule has 0 spiro atoms. The number of anilines is 1. The number of carbonyl (C=O) groups excluding carboxylic acids is 1. The molecule has 0 aromatic heterocycles. The van der Waals surface area contributed by atoms with Gasteiger partial charge in [-0.3, -0.25) is 4.79 Å². The largest absolute Gasteiger partial charge is 0.371 e. The Labute approximate surface area is 134 Å². The second-order valence-corrected chi connectivity index (χ2v) is 7.61. The standard InChI is InChI=1S/C15H20F2N2O3S/c1-11(20)18-9-12-3-2-8-19(10-12)13-4-6-14(7-5-13)23(21,22)15(16)17/h4-7,12,15H,2-3,8-10H2,1H3,(H,18,20). The number of hydrogen-bond acceptors (Lipinski definition) is 4. The molecule has 128 valence electrons. The lowest BCUT2D eigenvalue weighted by Crippen LogP contribution is -2.40. The van der Waals surface area contributed by atoms with Gasteiger partial charge in [-0.2, -0.15) is 8.78 Å². The second-order valence-electron chi connectivity index (χ2n) is 5.69. The van der Waals surface area contributed by atoms with Crippen molar-refractivity contribution in [2.24, 2.45) is 5.92 Å². The number of sulfone groups is 1. The van der Waals surface area contributed by atoms with Crippen LogP contribution in [0.4, 0.5) is 14.5 Å². The summed E-state index contributed by atoms with van der Waals surface area (Å²) in [6, 6.07) is 5.54. The first-order chi connectivity index (χ1) is 10.8. The fraction of sp³-hybridized carbons (Fsp3) is 0.533. The number of nitrogens with one attached hydrogen (secondary N) is 1. The van der Waals surface area contributed by atoms with Crippen molar-refractivity contribution >= 4 is 21.4 Å². The van der Waals surface area contributed by atoms with Gasteiger partial charge in [0.15, 0.2) is 0 Å². The van der Waals surface area contributed by atoms with Crippen molar-refractivity contribution in [2.45, 2.75) is 30.4 Å². The molecule has 1 fully saturated rings. The van der Waals surface area contributed by atoms with Gasteiger partial charge in [0.2, 0.25) is 15.7 Å². The maximum Gasteiger partial charge on any atom is 0.341 e. The molecule has 1 aliphatic heterocycles. The van der Waals surface area contributed by atoms with Gasteiger partial charge < -0.3 is 10.2 Å². The molecule has 2 rings (SSSR count). The smallest absolute Gasteiger partial charge is 0.341 e. The van der Waals surface area contributed by atoms with Gasteiger partial charge in [0, 0.05) is 32.2 Å². The van der Waals surface area contributed by atoms with E-state index in [9.17, 15) is 22.0 Å². The first-order valence-corrected chi connectivity index (χ1v) is 8.97. The van der Waals surface area contributed by atoms with Gasteiger partial charge in [0.25, 0.3) is 0 Å². The van der Waals surface area contributed by atoms with Crippen LogP contribution >= 0.6 is 0 Å². The van der Waals surface area contributed by atoms with E-state index in [1.54, 1.807) is 12.1 Å². The highest BCUT2D eigenvalue weighted by atomic mass is 32.2. The van der Waals surface area contributed by atoms with Crippen LogP contribution in [0.25, 0.3) is 0 Å². The van der Waals surface area contributed by atoms with Gasteiger partial charge in [0.05, 0.1) is 4.90 Å². The third kappa shape index (κ3) is 4.40. The Bertz CT molecular complexity index is 647. The molecule has 1 heterocycles. The highest BCUT2D eigenvalue weighted by molar-refractivity contribution is 7.91. The minimum absolute atomic E-state index is 0.0660. The number of carbonyl (C=O) groups is 1. The molecular formula is C15H20F2N2O3S. The van der Waals surface area contributed by atoms with Gasteiger partial charge in [-0.1, -0.05) is 0 Å². The van der Waals surface area contributed by atoms with Crippen LogP contribution in [-0.4, -0.2) is 39.7 Å². The summed E-state index contributed by atoms with van der Waals surface area (Å²) >= 11 is 0. The van der Waals surface area contributed by atoms with Crippen molar-refractivity contribution in [2.75, 3.05) is 24.5 Å². The number of hydrogen-bond donors (Lipinski definition) is 1. The van der Waals surface area contributed by atoms with E-state index >= 15 is 0 Å². The number of halogens is 2. The Hall–Kier alpha value is -1.70. The lowest BCUT2D eigenvalue weighted by atomic mass is 9.97. The molecule has 0 bridgehead atoms. The number of piperidine rings is 1. The van der Waals surface area contributed by atoms with Crippen molar-refractivity contribution in [3.63, 3.8) is 0 Å². The van der Waals surface area contributed by atoms with Crippen molar-refractivity contribution in [1.82, 2.24) is 5.32 Å². The highest BCUT2D eigenvalue weighted by Gasteiger charge is 2.27. The third-order valence-corrected chi connectivity index (χ3v) is 5.32. The van der Waals surface area contributed by atoms with Gasteiger partial charge >= 0.3 is 5.76 Å². The summed E-state index contributed by atoms with van der Waals surface area (Å²) in [7, 11) is -4.55. The van der Waals surface area contributed by atoms with Gasteiger partial charge in [-0.05, 0) is 43.0 Å². The van der Waals surface area contributed by atoms with Crippen LogP contribution in [-0.2, 0) is 14.6 Å². The Morgan fingerprint density at radius 1 is 1.35 bits per heavy atom. The third-order valence-electron chi connectivity index (χ3n) is 3.92. The maximum absolute atomic E-state index is 12.5. The summed E-state index contributed by atoms with van der Waals surface area (Å²) in [5.74, 6) is -3.16. The molecule has 1 saturated heterocycles. The normalized spacial score (nSPS) is 19.0. The van der Waals surface area contributed by atoms with E-state index in [1.807, 2.05) is 0 Å². The molecule has 1 aromatic carbocycles. The topological polar surface area (TPSA) is 66.5 Å². The summed E-state index contributed by atoms with van der Waals surface area (Å²) in [4.78, 5) is 12.7. The molecule has 1 atom stereocenters. The van der Waals surface area contributed by atoms with Crippen LogP contribution in [0, 0.1) is 5.92 Å². The van der Waals surface area contributed by atoms with Crippen LogP contribution < -0.4 is 10.2 Å². The van der Waals surface area contributed by atoms with Crippen molar-refractivity contribution in [3.05, 3.63) is 24.3 Å². The SMILES string of the molecule is CC(=O)NCC1CCCN(c2ccc(S(=O)(=O)C(F)F)cc2)C1. The summed E-state index contributed by atoms with van der Waals surface area (Å²) < 4.78 is 47.9. The van der Waals surface area contributed by atoms with E-state index in [0.29, 0.717) is 12.5 Å². The molecule has 0 radical (unpaired) electrons. The predicted molar refractivity (Wildman–Crippen MR) is 83.3 cm³/mol. The number of alkyl halides is 2. The average Bonchev–Trinajstić information content (AvgIpc) is 2.53. The molecule has 23 heavy (non-hydrogen) atoms. The Morgan fingerprint density at radius 3 is 2.57 bits per heavy atom. The van der Waals surface area contributed by atoms with Crippen molar-refractivity contribution in [3.8, 4) is 0 Å². The van der Waals surface area contributed by atoms with E-state index in [4.69, 9.17) is 0 Å². The van der Waals surface area contributed by atoms with Gasteiger partial charge in [0.1, 0.15) is 0 Å². The van der Waals surface area contributed by atoms with Crippen LogP contribution in [0.2, 0.25) is 0 Å². The fourth-order valence-electron chi connectivity index (χ4n) is 2.70. The highest BCUT2D eigenvalue weighted by Crippen LogP contribution is 2.26. The van der Waals surface area contributed by atoms with Crippen LogP contribution in [0.1, 0.15) is 19.8 Å². The first kappa shape index (κ1) is 17.7. The average molecular weight is 346 g/mol. The minimum atomic E-state index is -4.55. The summed E-state index contributed by atoms with van der Waals surface area (Å²) in [5, 5.41) is 2.80. The van der Waals surface area contributed by atoms with Crippen LogP contribution in [0.15, 0.2) is 29.2 Å². The summed E-state index contributed by atoms with van der Waals surface area (Å²) in [6.07, 6.45) is 1.97. The van der Waals surface area contributed by atoms with Crippen molar-refractivity contribution in [1.29, 1.82) is 0 Å². The second kappa shape index (κ2) is 7.25. The number of rotatable bonds is 5. The lowest BCUT2D eigenvalue weighted by molar-refractivity contribution is -0.119. The molecule has 1 aliphatic rings. The van der Waals surface area contributed by atoms with Crippen LogP contribution in [0.3, 0.4) is 0 Å². The molecule has 1 aromatic rings. The van der Waals surface area contributed by atoms with Crippen LogP contribution in [0.5, 0.6) is 0 Å². The molecule has 1 N–H and O–H groups in total. The zero-order chi connectivity index (χ0) is 17.0. The van der Waals surface area contributed by atoms with Gasteiger partial charge in [-0.25, -0.2) is 8.42 Å². The van der Waals surface area contributed by atoms with E-state index in [-0.39, 0.29) is 10.8 Å². The zero-order valence-corrected chi connectivity index (χ0v) is 13.7.